The minimum atomic E-state index is -0.501. The van der Waals surface area contributed by atoms with Gasteiger partial charge < -0.3 is 9.47 Å². The molecule has 0 aromatic heterocycles. The van der Waals surface area contributed by atoms with E-state index in [4.69, 9.17) is 9.47 Å². The molecule has 0 rings (SSSR count). The minimum Gasteiger partial charge on any atom is -0.465 e. The molecule has 1 atom stereocenters. The Bertz CT molecular complexity index is 206. The van der Waals surface area contributed by atoms with Crippen molar-refractivity contribution in [3.8, 4) is 0 Å². The lowest BCUT2D eigenvalue weighted by Gasteiger charge is -2.09. The molecule has 4 nitrogen and oxygen atoms in total. The summed E-state index contributed by atoms with van der Waals surface area (Å²) in [5, 5.41) is -0.914. The summed E-state index contributed by atoms with van der Waals surface area (Å²) in [6.45, 7) is 6.12. The number of hydrogen-bond acceptors (Lipinski definition) is 5. The average Bonchev–Trinajstić information content (AvgIpc) is 2.18. The zero-order chi connectivity index (χ0) is 11.7. The maximum absolute atomic E-state index is 11.2. The van der Waals surface area contributed by atoms with Gasteiger partial charge in [-0.1, -0.05) is 13.3 Å². The lowest BCUT2D eigenvalue weighted by Crippen LogP contribution is -2.19. The fourth-order valence-corrected chi connectivity index (χ4v) is 1.39. The fraction of sp³-hybridized carbons (Fsp3) is 0.800. The molecule has 15 heavy (non-hydrogen) atoms. The number of hydrogen-bond donors (Lipinski definition) is 0. The standard InChI is InChI=1S/C10H18O4S/c1-4-6-7-14-10(12)15-8(3)9(11)13-5-2/h8H,4-7H2,1-3H3. The number of thioether (sulfide) groups is 1. The Balaban J connectivity index is 3.70. The number of ether oxygens (including phenoxy) is 2. The predicted octanol–water partition coefficient (Wildman–Crippen LogP) is 2.61. The summed E-state index contributed by atoms with van der Waals surface area (Å²) in [5.41, 5.74) is 0. The van der Waals surface area contributed by atoms with E-state index < -0.39 is 10.6 Å². The molecule has 0 saturated carbocycles. The summed E-state index contributed by atoms with van der Waals surface area (Å²) in [6, 6.07) is 0. The van der Waals surface area contributed by atoms with Crippen LogP contribution in [0.3, 0.4) is 0 Å². The molecular formula is C10H18O4S. The zero-order valence-electron chi connectivity index (χ0n) is 9.45. The molecule has 5 heteroatoms. The SMILES string of the molecule is CCCCOC(=O)SC(C)C(=O)OCC. The Morgan fingerprint density at radius 1 is 1.27 bits per heavy atom. The normalized spacial score (nSPS) is 11.9. The number of carbonyl (C=O) groups excluding carboxylic acids is 2. The summed E-state index contributed by atoms with van der Waals surface area (Å²) in [7, 11) is 0. The van der Waals surface area contributed by atoms with Crippen LogP contribution in [0.25, 0.3) is 0 Å². The Kier molecular flexibility index (Phi) is 8.18. The molecule has 0 aliphatic carbocycles. The highest BCUT2D eigenvalue weighted by Gasteiger charge is 2.19. The Morgan fingerprint density at radius 3 is 2.47 bits per heavy atom. The van der Waals surface area contributed by atoms with E-state index in [1.165, 1.54) is 0 Å². The number of rotatable bonds is 6. The van der Waals surface area contributed by atoms with Crippen molar-refractivity contribution in [3.63, 3.8) is 0 Å². The van der Waals surface area contributed by atoms with Gasteiger partial charge in [0.1, 0.15) is 5.25 Å². The number of unbranched alkanes of at least 4 members (excludes halogenated alkanes) is 1. The molecule has 0 aromatic carbocycles. The van der Waals surface area contributed by atoms with Crippen LogP contribution in [-0.2, 0) is 14.3 Å². The molecule has 0 spiro atoms. The van der Waals surface area contributed by atoms with Crippen LogP contribution in [0.15, 0.2) is 0 Å². The van der Waals surface area contributed by atoms with E-state index in [0.717, 1.165) is 24.6 Å². The quantitative estimate of drug-likeness (QED) is 0.522. The van der Waals surface area contributed by atoms with Gasteiger partial charge in [0.25, 0.3) is 0 Å². The third-order valence-corrected chi connectivity index (χ3v) is 2.47. The lowest BCUT2D eigenvalue weighted by atomic mass is 10.4. The van der Waals surface area contributed by atoms with Crippen molar-refractivity contribution in [2.24, 2.45) is 0 Å². The highest BCUT2D eigenvalue weighted by atomic mass is 32.2. The van der Waals surface area contributed by atoms with Gasteiger partial charge in [0.05, 0.1) is 13.2 Å². The molecule has 0 aromatic rings. The van der Waals surface area contributed by atoms with Crippen molar-refractivity contribution in [2.45, 2.75) is 38.9 Å². The second-order valence-corrected chi connectivity index (χ2v) is 4.24. The first-order valence-electron chi connectivity index (χ1n) is 5.11. The lowest BCUT2D eigenvalue weighted by molar-refractivity contribution is -0.142. The first kappa shape index (κ1) is 14.3. The Morgan fingerprint density at radius 2 is 1.93 bits per heavy atom. The van der Waals surface area contributed by atoms with Crippen LogP contribution in [0.1, 0.15) is 33.6 Å². The second kappa shape index (κ2) is 8.59. The average molecular weight is 234 g/mol. The van der Waals surface area contributed by atoms with Crippen molar-refractivity contribution in [3.05, 3.63) is 0 Å². The minimum absolute atomic E-state index is 0.328. The smallest absolute Gasteiger partial charge is 0.368 e. The van der Waals surface area contributed by atoms with Gasteiger partial charge in [0.15, 0.2) is 0 Å². The van der Waals surface area contributed by atoms with E-state index in [-0.39, 0.29) is 5.97 Å². The molecule has 0 amide bonds. The van der Waals surface area contributed by atoms with E-state index in [9.17, 15) is 9.59 Å². The largest absolute Gasteiger partial charge is 0.465 e. The third kappa shape index (κ3) is 7.25. The predicted molar refractivity (Wildman–Crippen MR) is 59.9 cm³/mol. The van der Waals surface area contributed by atoms with Crippen LogP contribution in [0.5, 0.6) is 0 Å². The fourth-order valence-electron chi connectivity index (χ4n) is 0.786. The van der Waals surface area contributed by atoms with Gasteiger partial charge in [-0.15, -0.1) is 0 Å². The van der Waals surface area contributed by atoms with Crippen LogP contribution in [0.4, 0.5) is 4.79 Å². The summed E-state index contributed by atoms with van der Waals surface area (Å²) >= 11 is 0.862. The highest BCUT2D eigenvalue weighted by Crippen LogP contribution is 2.15. The van der Waals surface area contributed by atoms with Gasteiger partial charge in [0, 0.05) is 0 Å². The Hall–Kier alpha value is -0.710. The summed E-state index contributed by atoms with van der Waals surface area (Å²) < 4.78 is 9.66. The van der Waals surface area contributed by atoms with Crippen molar-refractivity contribution in [2.75, 3.05) is 13.2 Å². The van der Waals surface area contributed by atoms with Crippen molar-refractivity contribution in [1.82, 2.24) is 0 Å². The zero-order valence-corrected chi connectivity index (χ0v) is 10.3. The van der Waals surface area contributed by atoms with Crippen LogP contribution < -0.4 is 0 Å². The van der Waals surface area contributed by atoms with Gasteiger partial charge in [0.2, 0.25) is 0 Å². The van der Waals surface area contributed by atoms with E-state index >= 15 is 0 Å². The van der Waals surface area contributed by atoms with Crippen LogP contribution >= 0.6 is 11.8 Å². The number of esters is 1. The molecule has 0 heterocycles. The van der Waals surface area contributed by atoms with Crippen molar-refractivity contribution in [1.29, 1.82) is 0 Å². The molecule has 0 N–H and O–H groups in total. The first-order chi connectivity index (χ1) is 7.11. The van der Waals surface area contributed by atoms with Gasteiger partial charge in [-0.2, -0.15) is 0 Å². The summed E-state index contributed by atoms with van der Waals surface area (Å²) in [5.74, 6) is -0.380. The molecule has 88 valence electrons. The van der Waals surface area contributed by atoms with E-state index in [0.29, 0.717) is 13.2 Å². The van der Waals surface area contributed by atoms with Gasteiger partial charge in [-0.25, -0.2) is 4.79 Å². The molecule has 0 bridgehead atoms. The Labute approximate surface area is 94.7 Å². The highest BCUT2D eigenvalue weighted by molar-refractivity contribution is 8.14. The van der Waals surface area contributed by atoms with Crippen LogP contribution in [0.2, 0.25) is 0 Å². The molecule has 0 saturated heterocycles. The molecular weight excluding hydrogens is 216 g/mol. The maximum Gasteiger partial charge on any atom is 0.368 e. The summed E-state index contributed by atoms with van der Waals surface area (Å²) in [4.78, 5) is 22.3. The van der Waals surface area contributed by atoms with Gasteiger partial charge in [-0.3, -0.25) is 4.79 Å². The molecule has 0 aliphatic heterocycles. The van der Waals surface area contributed by atoms with E-state index in [2.05, 4.69) is 0 Å². The van der Waals surface area contributed by atoms with E-state index in [1.807, 2.05) is 6.92 Å². The van der Waals surface area contributed by atoms with Crippen LogP contribution in [0, 0.1) is 0 Å². The number of carbonyl (C=O) groups is 2. The summed E-state index contributed by atoms with van der Waals surface area (Å²) in [6.07, 6.45) is 1.82. The maximum atomic E-state index is 11.2. The topological polar surface area (TPSA) is 52.6 Å². The van der Waals surface area contributed by atoms with Crippen molar-refractivity contribution < 1.29 is 19.1 Å². The van der Waals surface area contributed by atoms with Crippen molar-refractivity contribution >= 4 is 23.0 Å². The molecule has 0 fully saturated rings. The molecule has 0 radical (unpaired) electrons. The van der Waals surface area contributed by atoms with Crippen LogP contribution in [-0.4, -0.2) is 29.7 Å². The monoisotopic (exact) mass is 234 g/mol. The second-order valence-electron chi connectivity index (χ2n) is 2.96. The third-order valence-electron chi connectivity index (χ3n) is 1.61. The van der Waals surface area contributed by atoms with Gasteiger partial charge >= 0.3 is 11.3 Å². The van der Waals surface area contributed by atoms with E-state index in [1.54, 1.807) is 13.8 Å². The molecule has 0 aliphatic rings. The van der Waals surface area contributed by atoms with Gasteiger partial charge in [-0.05, 0) is 32.0 Å². The molecule has 1 unspecified atom stereocenters. The first-order valence-corrected chi connectivity index (χ1v) is 5.99.